The normalized spacial score (nSPS) is 10.7. The zero-order valence-corrected chi connectivity index (χ0v) is 13.9. The van der Waals surface area contributed by atoms with Crippen molar-refractivity contribution in [2.45, 2.75) is 65.2 Å². The number of hydrogen-bond donors (Lipinski definition) is 0. The molecule has 0 spiro atoms. The van der Waals surface area contributed by atoms with Gasteiger partial charge in [0.25, 0.3) is 0 Å². The summed E-state index contributed by atoms with van der Waals surface area (Å²) in [5.74, 6) is 0. The van der Waals surface area contributed by atoms with Crippen molar-refractivity contribution in [3.05, 3.63) is 18.7 Å². The number of imidazole rings is 1. The molecule has 0 bridgehead atoms. The Morgan fingerprint density at radius 2 is 1.60 bits per heavy atom. The van der Waals surface area contributed by atoms with Crippen molar-refractivity contribution in [2.24, 2.45) is 0 Å². The van der Waals surface area contributed by atoms with Crippen molar-refractivity contribution < 1.29 is 0 Å². The van der Waals surface area contributed by atoms with Gasteiger partial charge >= 0.3 is 0 Å². The molecule has 0 N–H and O–H groups in total. The van der Waals surface area contributed by atoms with Gasteiger partial charge in [-0.2, -0.15) is 0 Å². The third-order valence-corrected chi connectivity index (χ3v) is 4.03. The van der Waals surface area contributed by atoms with Crippen molar-refractivity contribution >= 4 is 17.3 Å². The summed E-state index contributed by atoms with van der Waals surface area (Å²) < 4.78 is 1.95. The van der Waals surface area contributed by atoms with E-state index in [-0.39, 0.29) is 0 Å². The van der Waals surface area contributed by atoms with Crippen LogP contribution >= 0.6 is 12.2 Å². The van der Waals surface area contributed by atoms with Gasteiger partial charge in [-0.05, 0) is 25.1 Å². The second kappa shape index (κ2) is 10.8. The molecule has 0 aromatic carbocycles. The van der Waals surface area contributed by atoms with Crippen LogP contribution in [-0.4, -0.2) is 32.7 Å². The van der Waals surface area contributed by atoms with Gasteiger partial charge in [0.15, 0.2) is 5.11 Å². The second-order valence-corrected chi connectivity index (χ2v) is 5.73. The average Bonchev–Trinajstić information content (AvgIpc) is 2.99. The minimum Gasteiger partial charge on any atom is -0.349 e. The van der Waals surface area contributed by atoms with Crippen LogP contribution in [0.3, 0.4) is 0 Å². The molecule has 20 heavy (non-hydrogen) atoms. The van der Waals surface area contributed by atoms with Crippen LogP contribution in [0.5, 0.6) is 0 Å². The van der Waals surface area contributed by atoms with Crippen molar-refractivity contribution in [1.82, 2.24) is 14.5 Å². The molecule has 0 radical (unpaired) electrons. The Balaban J connectivity index is 2.43. The van der Waals surface area contributed by atoms with Crippen LogP contribution in [0.15, 0.2) is 18.7 Å². The van der Waals surface area contributed by atoms with E-state index in [1.165, 1.54) is 51.4 Å². The maximum atomic E-state index is 5.60. The van der Waals surface area contributed by atoms with Crippen molar-refractivity contribution in [2.75, 3.05) is 13.1 Å². The third-order valence-electron chi connectivity index (χ3n) is 3.56. The fourth-order valence-electron chi connectivity index (χ4n) is 2.30. The van der Waals surface area contributed by atoms with Crippen molar-refractivity contribution in [3.63, 3.8) is 0 Å². The fourth-order valence-corrected chi connectivity index (χ4v) is 2.59. The van der Waals surface area contributed by atoms with Gasteiger partial charge in [-0.15, -0.1) is 0 Å². The molecular weight excluding hydrogens is 266 g/mol. The molecule has 0 saturated heterocycles. The van der Waals surface area contributed by atoms with Crippen LogP contribution in [0.1, 0.15) is 65.2 Å². The Labute approximate surface area is 129 Å². The lowest BCUT2D eigenvalue weighted by atomic mass is 10.2. The lowest BCUT2D eigenvalue weighted by Crippen LogP contribution is -2.35. The molecule has 0 unspecified atom stereocenters. The Hall–Kier alpha value is -0.900. The molecule has 1 rings (SSSR count). The highest BCUT2D eigenvalue weighted by Crippen LogP contribution is 2.07. The van der Waals surface area contributed by atoms with Crippen molar-refractivity contribution in [3.8, 4) is 0 Å². The Kier molecular flexibility index (Phi) is 9.29. The lowest BCUT2D eigenvalue weighted by Gasteiger charge is -2.25. The molecular formula is C16H29N3S. The number of rotatable bonds is 10. The first-order valence-electron chi connectivity index (χ1n) is 8.06. The molecule has 0 aliphatic rings. The van der Waals surface area contributed by atoms with Crippen LogP contribution in [0.2, 0.25) is 0 Å². The number of aromatic nitrogens is 2. The van der Waals surface area contributed by atoms with Gasteiger partial charge in [0, 0.05) is 25.5 Å². The molecule has 0 aliphatic heterocycles. The standard InChI is InChI=1S/C16H29N3S/c1-3-5-7-9-12-18(13-10-8-6-4-2)16(20)19-14-11-17-15-19/h11,14-15H,3-10,12-13H2,1-2H3. The summed E-state index contributed by atoms with van der Waals surface area (Å²) in [6.07, 6.45) is 15.8. The summed E-state index contributed by atoms with van der Waals surface area (Å²) in [6, 6.07) is 0. The fraction of sp³-hybridized carbons (Fsp3) is 0.750. The summed E-state index contributed by atoms with van der Waals surface area (Å²) in [4.78, 5) is 6.44. The van der Waals surface area contributed by atoms with E-state index in [1.807, 2.05) is 10.8 Å². The first-order chi connectivity index (χ1) is 9.79. The third kappa shape index (κ3) is 6.51. The van der Waals surface area contributed by atoms with Gasteiger partial charge in [0.05, 0.1) is 0 Å². The van der Waals surface area contributed by atoms with Crippen LogP contribution in [0, 0.1) is 0 Å². The molecule has 1 heterocycles. The molecule has 0 fully saturated rings. The van der Waals surface area contributed by atoms with Crippen LogP contribution in [-0.2, 0) is 0 Å². The topological polar surface area (TPSA) is 21.1 Å². The van der Waals surface area contributed by atoms with Crippen molar-refractivity contribution in [1.29, 1.82) is 0 Å². The monoisotopic (exact) mass is 295 g/mol. The van der Waals surface area contributed by atoms with E-state index < -0.39 is 0 Å². The Morgan fingerprint density at radius 3 is 2.05 bits per heavy atom. The average molecular weight is 295 g/mol. The van der Waals surface area contributed by atoms with Gasteiger partial charge in [-0.1, -0.05) is 52.4 Å². The van der Waals surface area contributed by atoms with Gasteiger partial charge < -0.3 is 4.90 Å². The number of thiocarbonyl (C=S) groups is 1. The molecule has 3 nitrogen and oxygen atoms in total. The van der Waals surface area contributed by atoms with Gasteiger partial charge in [-0.25, -0.2) is 4.98 Å². The van der Waals surface area contributed by atoms with Crippen LogP contribution < -0.4 is 0 Å². The smallest absolute Gasteiger partial charge is 0.181 e. The molecule has 0 aliphatic carbocycles. The summed E-state index contributed by atoms with van der Waals surface area (Å²) in [5, 5.41) is 0.899. The highest BCUT2D eigenvalue weighted by molar-refractivity contribution is 7.80. The first-order valence-corrected chi connectivity index (χ1v) is 8.47. The summed E-state index contributed by atoms with van der Waals surface area (Å²) >= 11 is 5.60. The molecule has 1 aromatic rings. The zero-order valence-electron chi connectivity index (χ0n) is 13.1. The second-order valence-electron chi connectivity index (χ2n) is 5.36. The van der Waals surface area contributed by atoms with E-state index in [0.29, 0.717) is 0 Å². The molecule has 1 aromatic heterocycles. The number of hydrogen-bond acceptors (Lipinski definition) is 2. The molecule has 0 atom stereocenters. The quantitative estimate of drug-likeness (QED) is 0.469. The minimum atomic E-state index is 0.899. The minimum absolute atomic E-state index is 0.899. The summed E-state index contributed by atoms with van der Waals surface area (Å²) in [6.45, 7) is 6.64. The SMILES string of the molecule is CCCCCCN(CCCCCC)C(=S)n1ccnc1. The number of nitrogens with zero attached hydrogens (tertiary/aromatic N) is 3. The first kappa shape index (κ1) is 17.2. The van der Waals surface area contributed by atoms with Gasteiger partial charge in [-0.3, -0.25) is 4.57 Å². The summed E-state index contributed by atoms with van der Waals surface area (Å²) in [7, 11) is 0. The Morgan fingerprint density at radius 1 is 1.00 bits per heavy atom. The van der Waals surface area contributed by atoms with E-state index >= 15 is 0 Å². The maximum absolute atomic E-state index is 5.60. The largest absolute Gasteiger partial charge is 0.349 e. The zero-order chi connectivity index (χ0) is 14.6. The number of unbranched alkanes of at least 4 members (excludes halogenated alkanes) is 6. The predicted octanol–water partition coefficient (Wildman–Crippen LogP) is 4.48. The maximum Gasteiger partial charge on any atom is 0.181 e. The van der Waals surface area contributed by atoms with E-state index in [1.54, 1.807) is 12.5 Å². The van der Waals surface area contributed by atoms with E-state index in [2.05, 4.69) is 23.7 Å². The summed E-state index contributed by atoms with van der Waals surface area (Å²) in [5.41, 5.74) is 0. The van der Waals surface area contributed by atoms with Gasteiger partial charge in [0.2, 0.25) is 0 Å². The lowest BCUT2D eigenvalue weighted by molar-refractivity contribution is 0.383. The van der Waals surface area contributed by atoms with E-state index in [4.69, 9.17) is 12.2 Å². The van der Waals surface area contributed by atoms with E-state index in [0.717, 1.165) is 18.2 Å². The predicted molar refractivity (Wildman–Crippen MR) is 90.1 cm³/mol. The molecule has 4 heteroatoms. The van der Waals surface area contributed by atoms with Crippen LogP contribution in [0.25, 0.3) is 0 Å². The molecule has 114 valence electrons. The van der Waals surface area contributed by atoms with Crippen LogP contribution in [0.4, 0.5) is 0 Å². The van der Waals surface area contributed by atoms with Gasteiger partial charge in [0.1, 0.15) is 6.33 Å². The molecule has 0 saturated carbocycles. The Bertz CT molecular complexity index is 337. The van der Waals surface area contributed by atoms with E-state index in [9.17, 15) is 0 Å². The molecule has 0 amide bonds. The highest BCUT2D eigenvalue weighted by atomic mass is 32.1. The highest BCUT2D eigenvalue weighted by Gasteiger charge is 2.10.